The van der Waals surface area contributed by atoms with Crippen LogP contribution in [0.5, 0.6) is 17.2 Å². The third-order valence-corrected chi connectivity index (χ3v) is 10.7. The van der Waals surface area contributed by atoms with Crippen molar-refractivity contribution in [3.8, 4) is 17.2 Å². The van der Waals surface area contributed by atoms with Gasteiger partial charge in [-0.15, -0.1) is 0 Å². The van der Waals surface area contributed by atoms with Crippen LogP contribution in [0.3, 0.4) is 0 Å². The van der Waals surface area contributed by atoms with Gasteiger partial charge in [-0.2, -0.15) is 0 Å². The minimum Gasteiger partial charge on any atom is -0.490 e. The van der Waals surface area contributed by atoms with E-state index in [9.17, 15) is 15.3 Å². The summed E-state index contributed by atoms with van der Waals surface area (Å²) in [5, 5.41) is 42.6. The van der Waals surface area contributed by atoms with Crippen molar-refractivity contribution in [3.05, 3.63) is 127 Å². The lowest BCUT2D eigenvalue weighted by Crippen LogP contribution is -2.48. The summed E-state index contributed by atoms with van der Waals surface area (Å²) in [7, 11) is 0. The monoisotopic (exact) mass is 848 g/mol. The van der Waals surface area contributed by atoms with Crippen LogP contribution in [0, 0.1) is 0 Å². The molecule has 0 bridgehead atoms. The fourth-order valence-electron chi connectivity index (χ4n) is 7.27. The molecule has 0 amide bonds. The van der Waals surface area contributed by atoms with Crippen molar-refractivity contribution in [2.45, 2.75) is 70.3 Å². The average molecular weight is 849 g/mol. The first-order valence-corrected chi connectivity index (χ1v) is 21.8. The highest BCUT2D eigenvalue weighted by Crippen LogP contribution is 2.27. The number of rotatable bonds is 27. The Labute approximate surface area is 366 Å². The van der Waals surface area contributed by atoms with E-state index in [1.54, 1.807) is 0 Å². The summed E-state index contributed by atoms with van der Waals surface area (Å²) in [6.07, 6.45) is -2.70. The molecule has 0 spiro atoms. The first-order valence-electron chi connectivity index (χ1n) is 21.8. The topological polar surface area (TPSA) is 131 Å². The quantitative estimate of drug-likeness (QED) is 0.0418. The third kappa shape index (κ3) is 14.4. The molecule has 0 fully saturated rings. The van der Waals surface area contributed by atoms with Gasteiger partial charge >= 0.3 is 0 Å². The van der Waals surface area contributed by atoms with Crippen LogP contribution in [0.4, 0.5) is 0 Å². The normalized spacial score (nSPS) is 15.3. The predicted octanol–water partition coefficient (Wildman–Crippen LogP) is 7.26. The summed E-state index contributed by atoms with van der Waals surface area (Å²) in [6.45, 7) is 10.8. The molecule has 0 radical (unpaired) electrons. The van der Waals surface area contributed by atoms with E-state index < -0.39 is 18.3 Å². The van der Waals surface area contributed by atoms with Gasteiger partial charge in [-0.1, -0.05) is 109 Å². The molecule has 6 aromatic rings. The molecule has 0 aliphatic heterocycles. The zero-order valence-electron chi connectivity index (χ0n) is 36.5. The number of hydrogen-bond donors (Lipinski definition) is 4. The van der Waals surface area contributed by atoms with Crippen LogP contribution < -0.4 is 19.5 Å². The summed E-state index contributed by atoms with van der Waals surface area (Å²) in [6, 6.07) is 41.6. The summed E-state index contributed by atoms with van der Waals surface area (Å²) in [5.41, 5.74) is 0. The molecule has 0 saturated carbocycles. The van der Waals surface area contributed by atoms with Gasteiger partial charge in [0.15, 0.2) is 0 Å². The average Bonchev–Trinajstić information content (AvgIpc) is 3.29. The number of aliphatic hydroxyl groups excluding tert-OH is 3. The van der Waals surface area contributed by atoms with Crippen molar-refractivity contribution in [2.75, 3.05) is 65.9 Å². The van der Waals surface area contributed by atoms with Gasteiger partial charge < -0.3 is 49.1 Å². The lowest BCUT2D eigenvalue weighted by atomic mass is 10.1. The van der Waals surface area contributed by atoms with E-state index >= 15 is 0 Å². The van der Waals surface area contributed by atoms with E-state index in [-0.39, 0.29) is 57.2 Å². The molecular weight excluding hydrogens is 785 g/mol. The van der Waals surface area contributed by atoms with Crippen molar-refractivity contribution in [1.82, 2.24) is 10.2 Å². The maximum absolute atomic E-state index is 11.2. The second kappa shape index (κ2) is 24.1. The molecule has 0 heterocycles. The van der Waals surface area contributed by atoms with Crippen molar-refractivity contribution < 1.29 is 43.7 Å². The standard InChI is InChI=1S/C51H64N2O9/c1-36(52-26-43(54)33-60-49-23-11-17-40-14-5-8-20-46(40)49)29-57-31-38(3)59-32-39(4)58-30-37(2)53(27-44(55)34-61-50-24-12-18-41-15-6-9-21-47(41)50)28-45(56)35-62-51-25-13-19-42-16-7-10-22-48(42)51/h5-25,36-39,43-45,52,54-56H,26-35H2,1-4H3. The molecule has 11 nitrogen and oxygen atoms in total. The van der Waals surface area contributed by atoms with E-state index in [0.717, 1.165) is 38.1 Å². The van der Waals surface area contributed by atoms with E-state index in [1.807, 2.05) is 160 Å². The maximum Gasteiger partial charge on any atom is 0.127 e. The summed E-state index contributed by atoms with van der Waals surface area (Å²) in [4.78, 5) is 2.02. The van der Waals surface area contributed by atoms with Crippen LogP contribution in [0.1, 0.15) is 27.7 Å². The summed E-state index contributed by atoms with van der Waals surface area (Å²) < 4.78 is 36.4. The molecule has 11 heteroatoms. The molecule has 332 valence electrons. The predicted molar refractivity (Wildman–Crippen MR) is 246 cm³/mol. The Morgan fingerprint density at radius 2 is 0.855 bits per heavy atom. The van der Waals surface area contributed by atoms with Gasteiger partial charge in [0.1, 0.15) is 55.4 Å². The van der Waals surface area contributed by atoms with Crippen LogP contribution in [-0.4, -0.2) is 129 Å². The SMILES string of the molecule is CC(COCC(C)OCC(C)OCC(C)N(CC(O)COc1cccc2ccccc12)CC(O)COc1cccc2ccccc12)NCC(O)COc1cccc2ccccc12. The molecule has 0 aromatic heterocycles. The Morgan fingerprint density at radius 3 is 1.34 bits per heavy atom. The van der Waals surface area contributed by atoms with Crippen LogP contribution in [-0.2, 0) is 14.2 Å². The fourth-order valence-corrected chi connectivity index (χ4v) is 7.27. The van der Waals surface area contributed by atoms with Gasteiger partial charge in [-0.25, -0.2) is 0 Å². The number of hydrogen-bond acceptors (Lipinski definition) is 11. The van der Waals surface area contributed by atoms with Crippen molar-refractivity contribution in [3.63, 3.8) is 0 Å². The zero-order chi connectivity index (χ0) is 43.7. The number of benzene rings is 6. The summed E-state index contributed by atoms with van der Waals surface area (Å²) >= 11 is 0. The van der Waals surface area contributed by atoms with E-state index in [4.69, 9.17) is 28.4 Å². The minimum absolute atomic E-state index is 0.0210. The van der Waals surface area contributed by atoms with Gasteiger partial charge in [0.05, 0.1) is 38.6 Å². The Bertz CT molecular complexity index is 2130. The third-order valence-electron chi connectivity index (χ3n) is 10.7. The largest absolute Gasteiger partial charge is 0.490 e. The van der Waals surface area contributed by atoms with E-state index in [2.05, 4.69) is 5.32 Å². The molecule has 0 aliphatic rings. The second-order valence-electron chi connectivity index (χ2n) is 16.3. The van der Waals surface area contributed by atoms with E-state index in [1.165, 1.54) is 0 Å². The van der Waals surface area contributed by atoms with Crippen LogP contribution in [0.2, 0.25) is 0 Å². The van der Waals surface area contributed by atoms with Gasteiger partial charge in [0, 0.05) is 47.9 Å². The Balaban J connectivity index is 0.913. The molecule has 6 aromatic carbocycles. The molecule has 4 N–H and O–H groups in total. The molecule has 0 aliphatic carbocycles. The number of ether oxygens (including phenoxy) is 6. The fraction of sp³-hybridized carbons (Fsp3) is 0.412. The molecule has 62 heavy (non-hydrogen) atoms. The molecular formula is C51H64N2O9. The van der Waals surface area contributed by atoms with Crippen LogP contribution in [0.15, 0.2) is 127 Å². The minimum atomic E-state index is -0.832. The van der Waals surface area contributed by atoms with Gasteiger partial charge in [0.2, 0.25) is 0 Å². The molecule has 7 atom stereocenters. The number of fused-ring (bicyclic) bond motifs is 3. The molecule has 7 unspecified atom stereocenters. The van der Waals surface area contributed by atoms with Crippen molar-refractivity contribution in [2.24, 2.45) is 0 Å². The first kappa shape index (κ1) is 46.7. The van der Waals surface area contributed by atoms with Crippen LogP contribution in [0.25, 0.3) is 32.3 Å². The smallest absolute Gasteiger partial charge is 0.127 e. The lowest BCUT2D eigenvalue weighted by molar-refractivity contribution is -0.0716. The van der Waals surface area contributed by atoms with Crippen molar-refractivity contribution >= 4 is 32.3 Å². The zero-order valence-corrected chi connectivity index (χ0v) is 36.5. The number of aliphatic hydroxyl groups is 3. The molecule has 0 saturated heterocycles. The number of nitrogens with zero attached hydrogens (tertiary/aromatic N) is 1. The highest BCUT2D eigenvalue weighted by molar-refractivity contribution is 5.89. The van der Waals surface area contributed by atoms with Crippen LogP contribution >= 0.6 is 0 Å². The second-order valence-corrected chi connectivity index (χ2v) is 16.3. The Hall–Kier alpha value is -4.82. The Morgan fingerprint density at radius 1 is 0.452 bits per heavy atom. The maximum atomic E-state index is 11.2. The summed E-state index contributed by atoms with van der Waals surface area (Å²) in [5.74, 6) is 2.18. The van der Waals surface area contributed by atoms with E-state index in [0.29, 0.717) is 44.5 Å². The highest BCUT2D eigenvalue weighted by atomic mass is 16.6. The van der Waals surface area contributed by atoms with Crippen molar-refractivity contribution in [1.29, 1.82) is 0 Å². The highest BCUT2D eigenvalue weighted by Gasteiger charge is 2.23. The molecule has 6 rings (SSSR count). The first-order chi connectivity index (χ1) is 30.1. The van der Waals surface area contributed by atoms with Gasteiger partial charge in [-0.3, -0.25) is 4.90 Å². The van der Waals surface area contributed by atoms with Gasteiger partial charge in [-0.05, 0) is 62.1 Å². The Kier molecular flexibility index (Phi) is 18.2. The van der Waals surface area contributed by atoms with Gasteiger partial charge in [0.25, 0.3) is 0 Å². The number of nitrogens with one attached hydrogen (secondary N) is 1. The lowest BCUT2D eigenvalue weighted by Gasteiger charge is -2.33.